The minimum atomic E-state index is -0.349. The summed E-state index contributed by atoms with van der Waals surface area (Å²) in [6.07, 6.45) is 18.3. The van der Waals surface area contributed by atoms with Crippen molar-refractivity contribution in [2.45, 2.75) is 6.04 Å². The van der Waals surface area contributed by atoms with Crippen molar-refractivity contribution in [3.8, 4) is 0 Å². The van der Waals surface area contributed by atoms with E-state index in [0.29, 0.717) is 5.57 Å². The van der Waals surface area contributed by atoms with E-state index in [2.05, 4.69) is 23.5 Å². The van der Waals surface area contributed by atoms with Gasteiger partial charge in [0.15, 0.2) is 0 Å². The molecule has 0 aromatic heterocycles. The molecule has 0 saturated carbocycles. The van der Waals surface area contributed by atoms with Crippen LogP contribution in [0.25, 0.3) is 0 Å². The molecule has 2 unspecified atom stereocenters. The first-order valence-electron chi connectivity index (χ1n) is 6.72. The Labute approximate surface area is 117 Å². The van der Waals surface area contributed by atoms with E-state index in [0.717, 1.165) is 16.8 Å². The molecule has 4 aliphatic rings. The van der Waals surface area contributed by atoms with Gasteiger partial charge in [-0.15, -0.1) is 0 Å². The molecule has 3 aliphatic carbocycles. The van der Waals surface area contributed by atoms with E-state index in [1.165, 1.54) is 5.57 Å². The van der Waals surface area contributed by atoms with E-state index in [4.69, 9.17) is 5.73 Å². The van der Waals surface area contributed by atoms with Gasteiger partial charge < -0.3 is 11.1 Å². The second-order valence-corrected chi connectivity index (χ2v) is 5.25. The normalized spacial score (nSPS) is 28.9. The third-order valence-electron chi connectivity index (χ3n) is 4.14. The van der Waals surface area contributed by atoms with E-state index in [9.17, 15) is 4.79 Å². The molecule has 1 heterocycles. The van der Waals surface area contributed by atoms with Gasteiger partial charge in [-0.25, -0.2) is 0 Å². The van der Waals surface area contributed by atoms with Gasteiger partial charge in [0.1, 0.15) is 0 Å². The Morgan fingerprint density at radius 1 is 1.05 bits per heavy atom. The SMILES string of the molecule is NC(=O)C1=CC2=C3C=CC=CC3NC2=C2C=CC=CC12. The number of amides is 1. The molecular formula is C17H14N2O. The van der Waals surface area contributed by atoms with Crippen LogP contribution >= 0.6 is 0 Å². The molecule has 1 aliphatic heterocycles. The van der Waals surface area contributed by atoms with Gasteiger partial charge in [0.2, 0.25) is 5.91 Å². The summed E-state index contributed by atoms with van der Waals surface area (Å²) in [4.78, 5) is 11.8. The first-order chi connectivity index (χ1) is 9.75. The van der Waals surface area contributed by atoms with E-state index < -0.39 is 0 Å². The van der Waals surface area contributed by atoms with Crippen molar-refractivity contribution in [3.05, 3.63) is 82.7 Å². The fourth-order valence-corrected chi connectivity index (χ4v) is 3.22. The number of fused-ring (bicyclic) bond motifs is 3. The van der Waals surface area contributed by atoms with E-state index in [1.807, 2.05) is 36.5 Å². The number of primary amides is 1. The summed E-state index contributed by atoms with van der Waals surface area (Å²) in [6, 6.07) is 0.195. The second-order valence-electron chi connectivity index (χ2n) is 5.25. The van der Waals surface area contributed by atoms with Gasteiger partial charge in [0.05, 0.1) is 6.04 Å². The van der Waals surface area contributed by atoms with Gasteiger partial charge in [-0.05, 0) is 17.2 Å². The lowest BCUT2D eigenvalue weighted by atomic mass is 9.79. The molecular weight excluding hydrogens is 248 g/mol. The summed E-state index contributed by atoms with van der Waals surface area (Å²) in [5.74, 6) is -0.379. The van der Waals surface area contributed by atoms with Gasteiger partial charge in [0, 0.05) is 22.8 Å². The van der Waals surface area contributed by atoms with Crippen LogP contribution < -0.4 is 11.1 Å². The Kier molecular flexibility index (Phi) is 2.24. The zero-order valence-electron chi connectivity index (χ0n) is 10.8. The monoisotopic (exact) mass is 262 g/mol. The lowest BCUT2D eigenvalue weighted by molar-refractivity contribution is -0.114. The zero-order valence-corrected chi connectivity index (χ0v) is 10.8. The molecule has 3 N–H and O–H groups in total. The third kappa shape index (κ3) is 1.43. The standard InChI is InChI=1S/C17H14N2O/c18-17(20)14-9-13-11-6-3-4-8-15(11)19-16(13)12-7-2-1-5-10(12)14/h1-10,15,19H,(H2,18,20). The molecule has 0 spiro atoms. The Hall–Kier alpha value is -2.55. The van der Waals surface area contributed by atoms with Crippen LogP contribution in [0.3, 0.4) is 0 Å². The second kappa shape index (κ2) is 3.97. The maximum Gasteiger partial charge on any atom is 0.245 e. The maximum atomic E-state index is 11.8. The topological polar surface area (TPSA) is 55.1 Å². The number of rotatable bonds is 1. The Morgan fingerprint density at radius 2 is 1.80 bits per heavy atom. The number of allylic oxidation sites excluding steroid dienone is 8. The van der Waals surface area contributed by atoms with E-state index >= 15 is 0 Å². The van der Waals surface area contributed by atoms with E-state index in [-0.39, 0.29) is 17.9 Å². The number of hydrogen-bond acceptors (Lipinski definition) is 2. The average molecular weight is 262 g/mol. The Morgan fingerprint density at radius 3 is 2.60 bits per heavy atom. The van der Waals surface area contributed by atoms with Crippen molar-refractivity contribution in [1.82, 2.24) is 5.32 Å². The molecule has 3 nitrogen and oxygen atoms in total. The predicted octanol–water partition coefficient (Wildman–Crippen LogP) is 1.80. The molecule has 0 aromatic carbocycles. The molecule has 0 radical (unpaired) electrons. The average Bonchev–Trinajstić information content (AvgIpc) is 2.85. The van der Waals surface area contributed by atoms with Crippen molar-refractivity contribution in [2.75, 3.05) is 0 Å². The summed E-state index contributed by atoms with van der Waals surface area (Å²) in [6.45, 7) is 0. The summed E-state index contributed by atoms with van der Waals surface area (Å²) in [7, 11) is 0. The highest BCUT2D eigenvalue weighted by molar-refractivity contribution is 5.96. The molecule has 4 rings (SSSR count). The molecule has 0 fully saturated rings. The maximum absolute atomic E-state index is 11.8. The van der Waals surface area contributed by atoms with Crippen LogP contribution in [-0.2, 0) is 4.79 Å². The predicted molar refractivity (Wildman–Crippen MR) is 78.3 cm³/mol. The molecule has 98 valence electrons. The Bertz CT molecular complexity index is 726. The third-order valence-corrected chi connectivity index (χ3v) is 4.14. The molecule has 2 atom stereocenters. The number of nitrogens with two attached hydrogens (primary N) is 1. The summed E-state index contributed by atoms with van der Waals surface area (Å²) >= 11 is 0. The summed E-state index contributed by atoms with van der Waals surface area (Å²) in [5.41, 5.74) is 10.8. The van der Waals surface area contributed by atoms with Crippen LogP contribution in [0.4, 0.5) is 0 Å². The summed E-state index contributed by atoms with van der Waals surface area (Å²) < 4.78 is 0. The van der Waals surface area contributed by atoms with Gasteiger partial charge in [-0.3, -0.25) is 4.79 Å². The van der Waals surface area contributed by atoms with Gasteiger partial charge >= 0.3 is 0 Å². The minimum absolute atomic E-state index is 0.0301. The highest BCUT2D eigenvalue weighted by Crippen LogP contribution is 2.41. The van der Waals surface area contributed by atoms with Crippen LogP contribution in [0.1, 0.15) is 0 Å². The first-order valence-corrected chi connectivity index (χ1v) is 6.72. The quantitative estimate of drug-likeness (QED) is 0.757. The fraction of sp³-hybridized carbons (Fsp3) is 0.118. The lowest BCUT2D eigenvalue weighted by Gasteiger charge is -2.26. The van der Waals surface area contributed by atoms with Crippen LogP contribution in [0, 0.1) is 5.92 Å². The Balaban J connectivity index is 1.96. The summed E-state index contributed by atoms with van der Waals surface area (Å²) in [5, 5.41) is 3.54. The molecule has 20 heavy (non-hydrogen) atoms. The number of hydrogen-bond donors (Lipinski definition) is 2. The van der Waals surface area contributed by atoms with Gasteiger partial charge in [-0.1, -0.05) is 48.6 Å². The van der Waals surface area contributed by atoms with Crippen LogP contribution in [-0.4, -0.2) is 11.9 Å². The molecule has 0 saturated heterocycles. The lowest BCUT2D eigenvalue weighted by Crippen LogP contribution is -2.28. The molecule has 0 aromatic rings. The van der Waals surface area contributed by atoms with Crippen molar-refractivity contribution in [3.63, 3.8) is 0 Å². The van der Waals surface area contributed by atoms with Crippen LogP contribution in [0.15, 0.2) is 82.7 Å². The smallest absolute Gasteiger partial charge is 0.245 e. The van der Waals surface area contributed by atoms with Crippen LogP contribution in [0.2, 0.25) is 0 Å². The fourth-order valence-electron chi connectivity index (χ4n) is 3.22. The first kappa shape index (κ1) is 11.3. The molecule has 1 amide bonds. The van der Waals surface area contributed by atoms with E-state index in [1.54, 1.807) is 0 Å². The minimum Gasteiger partial charge on any atom is -0.374 e. The number of carbonyl (C=O) groups excluding carboxylic acids is 1. The van der Waals surface area contributed by atoms with Crippen molar-refractivity contribution in [1.29, 1.82) is 0 Å². The molecule has 3 heteroatoms. The van der Waals surface area contributed by atoms with Crippen molar-refractivity contribution >= 4 is 5.91 Å². The highest BCUT2D eigenvalue weighted by atomic mass is 16.1. The number of nitrogens with one attached hydrogen (secondary N) is 1. The zero-order chi connectivity index (χ0) is 13.7. The number of carbonyl (C=O) groups is 1. The van der Waals surface area contributed by atoms with Gasteiger partial charge in [0.25, 0.3) is 0 Å². The molecule has 0 bridgehead atoms. The van der Waals surface area contributed by atoms with Gasteiger partial charge in [-0.2, -0.15) is 0 Å². The van der Waals surface area contributed by atoms with Crippen LogP contribution in [0.5, 0.6) is 0 Å². The van der Waals surface area contributed by atoms with Crippen molar-refractivity contribution < 1.29 is 4.79 Å². The largest absolute Gasteiger partial charge is 0.374 e. The highest BCUT2D eigenvalue weighted by Gasteiger charge is 2.35. The van der Waals surface area contributed by atoms with Crippen molar-refractivity contribution in [2.24, 2.45) is 11.7 Å².